The lowest BCUT2D eigenvalue weighted by atomic mass is 10.1. The molecule has 0 saturated heterocycles. The number of rotatable bonds is 6. The van der Waals surface area contributed by atoms with Crippen LogP contribution in [0.2, 0.25) is 0 Å². The van der Waals surface area contributed by atoms with Gasteiger partial charge in [-0.15, -0.1) is 0 Å². The maximum Gasteiger partial charge on any atom is 0.265 e. The number of amides is 1. The van der Waals surface area contributed by atoms with Crippen molar-refractivity contribution in [3.8, 4) is 5.75 Å². The van der Waals surface area contributed by atoms with Crippen LogP contribution in [0.4, 0.5) is 5.69 Å². The van der Waals surface area contributed by atoms with Crippen molar-refractivity contribution in [3.63, 3.8) is 0 Å². The van der Waals surface area contributed by atoms with Crippen molar-refractivity contribution in [1.82, 2.24) is 0 Å². The summed E-state index contributed by atoms with van der Waals surface area (Å²) in [5.74, 6) is -0.154. The van der Waals surface area contributed by atoms with E-state index >= 15 is 0 Å². The minimum atomic E-state index is -3.80. The van der Waals surface area contributed by atoms with Crippen LogP contribution in [-0.2, 0) is 21.2 Å². The number of primary amides is 1. The zero-order valence-electron chi connectivity index (χ0n) is 13.8. The summed E-state index contributed by atoms with van der Waals surface area (Å²) in [5, 5.41) is 0. The maximum absolute atomic E-state index is 12.6. The van der Waals surface area contributed by atoms with Crippen LogP contribution in [0.1, 0.15) is 16.7 Å². The Bertz CT molecular complexity index is 859. The van der Waals surface area contributed by atoms with Crippen molar-refractivity contribution in [2.24, 2.45) is 5.73 Å². The maximum atomic E-state index is 12.6. The molecule has 0 fully saturated rings. The molecule has 0 unspecified atom stereocenters. The molecule has 7 heteroatoms. The molecular weight excluding hydrogens is 328 g/mol. The topological polar surface area (TPSA) is 98.5 Å². The summed E-state index contributed by atoms with van der Waals surface area (Å²) in [7, 11) is -2.37. The summed E-state index contributed by atoms with van der Waals surface area (Å²) in [4.78, 5) is 11.0. The summed E-state index contributed by atoms with van der Waals surface area (Å²) < 4.78 is 33.0. The van der Waals surface area contributed by atoms with E-state index in [0.29, 0.717) is 11.3 Å². The Labute approximate surface area is 141 Å². The Morgan fingerprint density at radius 2 is 1.71 bits per heavy atom. The lowest BCUT2D eigenvalue weighted by Crippen LogP contribution is -2.15. The Morgan fingerprint density at radius 1 is 1.12 bits per heavy atom. The number of hydrogen-bond donors (Lipinski definition) is 2. The highest BCUT2D eigenvalue weighted by Gasteiger charge is 2.20. The third-order valence-corrected chi connectivity index (χ3v) is 5.06. The number of methoxy groups -OCH3 is 1. The van der Waals surface area contributed by atoms with Gasteiger partial charge in [-0.25, -0.2) is 8.42 Å². The molecule has 2 rings (SSSR count). The smallest absolute Gasteiger partial charge is 0.265 e. The van der Waals surface area contributed by atoms with Crippen LogP contribution >= 0.6 is 0 Å². The SMILES string of the molecule is COc1cc(C)c(C)cc1S(=O)(=O)Nc1ccc(CC(N)=O)cc1. The van der Waals surface area contributed by atoms with Crippen LogP contribution in [0.3, 0.4) is 0 Å². The van der Waals surface area contributed by atoms with Gasteiger partial charge in [0.25, 0.3) is 10.0 Å². The van der Waals surface area contributed by atoms with Gasteiger partial charge in [0.05, 0.1) is 13.5 Å². The van der Waals surface area contributed by atoms with Crippen LogP contribution in [0.25, 0.3) is 0 Å². The monoisotopic (exact) mass is 348 g/mol. The molecule has 3 N–H and O–H groups in total. The second-order valence-electron chi connectivity index (χ2n) is 5.53. The third kappa shape index (κ3) is 4.05. The van der Waals surface area contributed by atoms with E-state index in [-0.39, 0.29) is 17.1 Å². The Hall–Kier alpha value is -2.54. The van der Waals surface area contributed by atoms with Crippen molar-refractivity contribution < 1.29 is 17.9 Å². The molecule has 2 aromatic carbocycles. The number of benzene rings is 2. The number of hydrogen-bond acceptors (Lipinski definition) is 4. The molecule has 0 saturated carbocycles. The molecule has 24 heavy (non-hydrogen) atoms. The molecule has 0 aliphatic heterocycles. The van der Waals surface area contributed by atoms with Crippen molar-refractivity contribution in [3.05, 3.63) is 53.1 Å². The average Bonchev–Trinajstić information content (AvgIpc) is 2.50. The van der Waals surface area contributed by atoms with Gasteiger partial charge in [-0.05, 0) is 54.8 Å². The molecule has 128 valence electrons. The zero-order chi connectivity index (χ0) is 17.9. The van der Waals surface area contributed by atoms with Crippen molar-refractivity contribution in [2.45, 2.75) is 25.2 Å². The summed E-state index contributed by atoms with van der Waals surface area (Å²) >= 11 is 0. The minimum Gasteiger partial charge on any atom is -0.495 e. The van der Waals surface area contributed by atoms with E-state index < -0.39 is 15.9 Å². The van der Waals surface area contributed by atoms with Gasteiger partial charge in [0.15, 0.2) is 0 Å². The average molecular weight is 348 g/mol. The first-order chi connectivity index (χ1) is 11.2. The predicted molar refractivity (Wildman–Crippen MR) is 92.6 cm³/mol. The Morgan fingerprint density at radius 3 is 2.25 bits per heavy atom. The van der Waals surface area contributed by atoms with Crippen molar-refractivity contribution in [1.29, 1.82) is 0 Å². The van der Waals surface area contributed by atoms with Gasteiger partial charge in [-0.1, -0.05) is 12.1 Å². The first-order valence-corrected chi connectivity index (χ1v) is 8.76. The Kier molecular flexibility index (Phi) is 5.14. The standard InChI is InChI=1S/C17H20N2O4S/c1-11-8-15(23-3)16(9-12(11)2)24(21,22)19-14-6-4-13(5-7-14)10-17(18)20/h4-9,19H,10H2,1-3H3,(H2,18,20). The van der Waals surface area contributed by atoms with E-state index in [9.17, 15) is 13.2 Å². The highest BCUT2D eigenvalue weighted by molar-refractivity contribution is 7.92. The van der Waals surface area contributed by atoms with Crippen LogP contribution in [0.5, 0.6) is 5.75 Å². The molecule has 0 heterocycles. The summed E-state index contributed by atoms with van der Waals surface area (Å²) in [6, 6.07) is 9.75. The quantitative estimate of drug-likeness (QED) is 0.835. The molecular formula is C17H20N2O4S. The number of aryl methyl sites for hydroxylation is 2. The molecule has 0 aliphatic rings. The molecule has 0 aliphatic carbocycles. The fourth-order valence-corrected chi connectivity index (χ4v) is 3.53. The molecule has 1 amide bonds. The molecule has 0 aromatic heterocycles. The third-order valence-electron chi connectivity index (χ3n) is 3.65. The summed E-state index contributed by atoms with van der Waals surface area (Å²) in [5.41, 5.74) is 8.04. The van der Waals surface area contributed by atoms with Gasteiger partial charge in [0, 0.05) is 5.69 Å². The molecule has 0 spiro atoms. The van der Waals surface area contributed by atoms with Gasteiger partial charge in [0.2, 0.25) is 5.91 Å². The minimum absolute atomic E-state index is 0.0781. The van der Waals surface area contributed by atoms with E-state index in [1.165, 1.54) is 7.11 Å². The molecule has 0 radical (unpaired) electrons. The summed E-state index contributed by atoms with van der Waals surface area (Å²) in [6.45, 7) is 3.73. The van der Waals surface area contributed by atoms with Crippen LogP contribution < -0.4 is 15.2 Å². The van der Waals surface area contributed by atoms with Crippen molar-refractivity contribution in [2.75, 3.05) is 11.8 Å². The van der Waals surface area contributed by atoms with E-state index in [1.54, 1.807) is 36.4 Å². The molecule has 6 nitrogen and oxygen atoms in total. The second-order valence-corrected chi connectivity index (χ2v) is 7.18. The number of sulfonamides is 1. The highest BCUT2D eigenvalue weighted by atomic mass is 32.2. The Balaban J connectivity index is 2.32. The normalized spacial score (nSPS) is 11.1. The number of carbonyl (C=O) groups is 1. The molecule has 0 bridgehead atoms. The van der Waals surface area contributed by atoms with Gasteiger partial charge >= 0.3 is 0 Å². The van der Waals surface area contributed by atoms with Gasteiger partial charge in [0.1, 0.15) is 10.6 Å². The largest absolute Gasteiger partial charge is 0.495 e. The number of nitrogens with one attached hydrogen (secondary N) is 1. The van der Waals surface area contributed by atoms with Crippen LogP contribution in [-0.4, -0.2) is 21.4 Å². The van der Waals surface area contributed by atoms with E-state index in [1.807, 2.05) is 13.8 Å². The van der Waals surface area contributed by atoms with E-state index in [0.717, 1.165) is 11.1 Å². The number of carbonyl (C=O) groups excluding carboxylic acids is 1. The summed E-state index contributed by atoms with van der Waals surface area (Å²) in [6.07, 6.45) is 0.109. The van der Waals surface area contributed by atoms with Crippen molar-refractivity contribution >= 4 is 21.6 Å². The fourth-order valence-electron chi connectivity index (χ4n) is 2.23. The zero-order valence-corrected chi connectivity index (χ0v) is 14.6. The van der Waals surface area contributed by atoms with Crippen LogP contribution in [0, 0.1) is 13.8 Å². The second kappa shape index (κ2) is 6.92. The lowest BCUT2D eigenvalue weighted by molar-refractivity contribution is -0.117. The molecule has 2 aromatic rings. The predicted octanol–water partition coefficient (Wildman–Crippen LogP) is 2.14. The lowest BCUT2D eigenvalue weighted by Gasteiger charge is -2.14. The van der Waals surface area contributed by atoms with E-state index in [2.05, 4.69) is 4.72 Å². The number of nitrogens with two attached hydrogens (primary N) is 1. The number of ether oxygens (including phenoxy) is 1. The van der Waals surface area contributed by atoms with Gasteiger partial charge in [-0.3, -0.25) is 9.52 Å². The van der Waals surface area contributed by atoms with Gasteiger partial charge in [-0.2, -0.15) is 0 Å². The fraction of sp³-hybridized carbons (Fsp3) is 0.235. The first kappa shape index (κ1) is 17.8. The van der Waals surface area contributed by atoms with Gasteiger partial charge < -0.3 is 10.5 Å². The number of anilines is 1. The van der Waals surface area contributed by atoms with Crippen LogP contribution in [0.15, 0.2) is 41.3 Å². The first-order valence-electron chi connectivity index (χ1n) is 7.28. The highest BCUT2D eigenvalue weighted by Crippen LogP contribution is 2.29. The van der Waals surface area contributed by atoms with E-state index in [4.69, 9.17) is 10.5 Å². The molecule has 0 atom stereocenters.